The van der Waals surface area contributed by atoms with Gasteiger partial charge in [-0.15, -0.1) is 0 Å². The second-order valence-electron chi connectivity index (χ2n) is 1.78. The Bertz CT molecular complexity index is 113. The average Bonchev–Trinajstić information content (AvgIpc) is 1.68. The molecule has 0 aliphatic carbocycles. The normalized spacial score (nSPS) is 7.00. The lowest BCUT2D eigenvalue weighted by molar-refractivity contribution is -0.120. The van der Waals surface area contributed by atoms with Gasteiger partial charge in [-0.25, -0.2) is 0 Å². The van der Waals surface area contributed by atoms with Crippen LogP contribution in [0, 0.1) is 17.2 Å². The molecule has 0 fully saturated rings. The minimum atomic E-state index is -0.241. The Labute approximate surface area is 55.5 Å². The Kier molecular flexibility index (Phi) is 8.39. The van der Waals surface area contributed by atoms with Crippen LogP contribution in [0.2, 0.25) is 0 Å². The van der Waals surface area contributed by atoms with Crippen molar-refractivity contribution < 1.29 is 4.79 Å². The van der Waals surface area contributed by atoms with E-state index < -0.39 is 0 Å². The van der Waals surface area contributed by atoms with Gasteiger partial charge in [-0.3, -0.25) is 4.79 Å². The van der Waals surface area contributed by atoms with Crippen LogP contribution in [0.1, 0.15) is 20.8 Å². The van der Waals surface area contributed by atoms with Crippen molar-refractivity contribution in [3.63, 3.8) is 0 Å². The topological polar surface area (TPSA) is 66.9 Å². The monoisotopic (exact) mass is 128 g/mol. The number of primary amides is 1. The van der Waals surface area contributed by atoms with E-state index >= 15 is 0 Å². The first kappa shape index (κ1) is 10.9. The molecule has 0 heterocycles. The maximum Gasteiger partial charge on any atom is 0.219 e. The van der Waals surface area contributed by atoms with Crippen molar-refractivity contribution in [2.24, 2.45) is 11.7 Å². The summed E-state index contributed by atoms with van der Waals surface area (Å²) in [5, 5.41) is 7.32. The zero-order valence-corrected chi connectivity index (χ0v) is 6.01. The van der Waals surface area contributed by atoms with Gasteiger partial charge >= 0.3 is 0 Å². The largest absolute Gasteiger partial charge is 0.369 e. The quantitative estimate of drug-likeness (QED) is 0.563. The van der Waals surface area contributed by atoms with E-state index in [1.165, 1.54) is 6.92 Å². The summed E-state index contributed by atoms with van der Waals surface area (Å²) in [6, 6.07) is 1.75. The van der Waals surface area contributed by atoms with E-state index in [-0.39, 0.29) is 11.8 Å². The molecule has 0 atom stereocenters. The zero-order valence-electron chi connectivity index (χ0n) is 6.01. The molecule has 0 rings (SSSR count). The molecule has 0 aliphatic heterocycles. The first-order valence-corrected chi connectivity index (χ1v) is 2.66. The van der Waals surface area contributed by atoms with Crippen molar-refractivity contribution in [2.75, 3.05) is 0 Å². The zero-order chi connectivity index (χ0) is 7.86. The molecule has 0 aromatic carbocycles. The summed E-state index contributed by atoms with van der Waals surface area (Å²) in [5.41, 5.74) is 4.80. The number of hydrogen-bond acceptors (Lipinski definition) is 2. The molecule has 0 saturated heterocycles. The standard InChI is InChI=1S/C4H9NO.C2H3N/c1-3(2)4(5)6;1-2-3/h3H,1-2H3,(H2,5,6);1H3. The summed E-state index contributed by atoms with van der Waals surface area (Å²) in [7, 11) is 0. The van der Waals surface area contributed by atoms with Crippen LogP contribution in [0.3, 0.4) is 0 Å². The number of amides is 1. The van der Waals surface area contributed by atoms with E-state index in [9.17, 15) is 4.79 Å². The third-order valence-corrected chi connectivity index (χ3v) is 0.569. The maximum atomic E-state index is 9.92. The van der Waals surface area contributed by atoms with Crippen LogP contribution in [-0.2, 0) is 4.79 Å². The number of carbonyl (C=O) groups excluding carboxylic acids is 1. The van der Waals surface area contributed by atoms with Crippen molar-refractivity contribution in [1.29, 1.82) is 5.26 Å². The lowest BCUT2D eigenvalue weighted by Crippen LogP contribution is -2.17. The van der Waals surface area contributed by atoms with E-state index in [4.69, 9.17) is 11.0 Å². The Morgan fingerprint density at radius 3 is 1.78 bits per heavy atom. The van der Waals surface area contributed by atoms with Crippen LogP contribution in [0.4, 0.5) is 0 Å². The number of rotatable bonds is 1. The van der Waals surface area contributed by atoms with Gasteiger partial charge in [0.25, 0.3) is 0 Å². The first-order chi connectivity index (χ1) is 4.06. The van der Waals surface area contributed by atoms with Crippen molar-refractivity contribution in [3.8, 4) is 6.07 Å². The van der Waals surface area contributed by atoms with E-state index in [2.05, 4.69) is 0 Å². The van der Waals surface area contributed by atoms with Crippen LogP contribution in [0.15, 0.2) is 0 Å². The molecule has 2 N–H and O–H groups in total. The molecule has 0 spiro atoms. The van der Waals surface area contributed by atoms with Crippen LogP contribution in [-0.4, -0.2) is 5.91 Å². The molecule has 3 nitrogen and oxygen atoms in total. The van der Waals surface area contributed by atoms with Gasteiger partial charge < -0.3 is 5.73 Å². The summed E-state index contributed by atoms with van der Waals surface area (Å²) in [5.74, 6) is -0.250. The minimum absolute atomic E-state index is 0.00926. The molecule has 0 radical (unpaired) electrons. The van der Waals surface area contributed by atoms with Crippen molar-refractivity contribution in [1.82, 2.24) is 0 Å². The summed E-state index contributed by atoms with van der Waals surface area (Å²) < 4.78 is 0. The molecule has 1 amide bonds. The Balaban J connectivity index is 0. The number of carbonyl (C=O) groups is 1. The second-order valence-corrected chi connectivity index (χ2v) is 1.78. The summed E-state index contributed by atoms with van der Waals surface area (Å²) in [6.45, 7) is 4.96. The van der Waals surface area contributed by atoms with Gasteiger partial charge in [0.15, 0.2) is 0 Å². The van der Waals surface area contributed by atoms with Gasteiger partial charge in [-0.05, 0) is 0 Å². The third-order valence-electron chi connectivity index (χ3n) is 0.569. The molecule has 3 heteroatoms. The Morgan fingerprint density at radius 2 is 1.78 bits per heavy atom. The fraction of sp³-hybridized carbons (Fsp3) is 0.667. The van der Waals surface area contributed by atoms with E-state index in [0.29, 0.717) is 0 Å². The smallest absolute Gasteiger partial charge is 0.219 e. The predicted molar refractivity (Wildman–Crippen MR) is 35.3 cm³/mol. The van der Waals surface area contributed by atoms with Gasteiger partial charge in [0, 0.05) is 12.8 Å². The molecule has 0 bridgehead atoms. The van der Waals surface area contributed by atoms with E-state index in [1.807, 2.05) is 0 Å². The highest BCUT2D eigenvalue weighted by atomic mass is 16.1. The second kappa shape index (κ2) is 6.96. The molecule has 0 aliphatic rings. The number of hydrogen-bond donors (Lipinski definition) is 1. The lowest BCUT2D eigenvalue weighted by Gasteiger charge is -1.90. The number of nitrogens with zero attached hydrogens (tertiary/aromatic N) is 1. The SMILES string of the molecule is CC#N.CC(C)C(N)=O. The highest BCUT2D eigenvalue weighted by Gasteiger charge is 1.96. The highest BCUT2D eigenvalue weighted by Crippen LogP contribution is 1.84. The first-order valence-electron chi connectivity index (χ1n) is 2.66. The predicted octanol–water partition coefficient (Wildman–Crippen LogP) is 0.658. The van der Waals surface area contributed by atoms with Crippen molar-refractivity contribution in [3.05, 3.63) is 0 Å². The molecule has 9 heavy (non-hydrogen) atoms. The average molecular weight is 128 g/mol. The maximum absolute atomic E-state index is 9.92. The fourth-order valence-corrected chi connectivity index (χ4v) is 0. The lowest BCUT2D eigenvalue weighted by atomic mass is 10.2. The van der Waals surface area contributed by atoms with Gasteiger partial charge in [0.05, 0.1) is 6.07 Å². The molecular weight excluding hydrogens is 116 g/mol. The molecule has 0 aromatic rings. The molecule has 0 unspecified atom stereocenters. The van der Waals surface area contributed by atoms with E-state index in [0.717, 1.165) is 0 Å². The molecule has 52 valence electrons. The van der Waals surface area contributed by atoms with Crippen molar-refractivity contribution in [2.45, 2.75) is 20.8 Å². The fourth-order valence-electron chi connectivity index (χ4n) is 0. The summed E-state index contributed by atoms with van der Waals surface area (Å²) in [6.07, 6.45) is 0. The van der Waals surface area contributed by atoms with Gasteiger partial charge in [-0.1, -0.05) is 13.8 Å². The summed E-state index contributed by atoms with van der Waals surface area (Å²) >= 11 is 0. The van der Waals surface area contributed by atoms with Crippen molar-refractivity contribution >= 4 is 5.91 Å². The van der Waals surface area contributed by atoms with Gasteiger partial charge in [0.2, 0.25) is 5.91 Å². The molecule has 0 aromatic heterocycles. The summed E-state index contributed by atoms with van der Waals surface area (Å²) in [4.78, 5) is 9.92. The molecular formula is C6H12N2O. The van der Waals surface area contributed by atoms with Crippen LogP contribution < -0.4 is 5.73 Å². The van der Waals surface area contributed by atoms with Gasteiger partial charge in [-0.2, -0.15) is 5.26 Å². The number of nitriles is 1. The highest BCUT2D eigenvalue weighted by molar-refractivity contribution is 5.75. The van der Waals surface area contributed by atoms with Gasteiger partial charge in [0.1, 0.15) is 0 Å². The molecule has 0 saturated carbocycles. The Morgan fingerprint density at radius 1 is 1.67 bits per heavy atom. The minimum Gasteiger partial charge on any atom is -0.369 e. The van der Waals surface area contributed by atoms with E-state index in [1.54, 1.807) is 19.9 Å². The Hall–Kier alpha value is -1.04. The number of nitrogens with two attached hydrogens (primary N) is 1. The van der Waals surface area contributed by atoms with Crippen LogP contribution in [0.5, 0.6) is 0 Å². The third kappa shape index (κ3) is 19.5. The van der Waals surface area contributed by atoms with Crippen LogP contribution >= 0.6 is 0 Å². The van der Waals surface area contributed by atoms with Crippen LogP contribution in [0.25, 0.3) is 0 Å².